The fourth-order valence-corrected chi connectivity index (χ4v) is 2.81. The molecular weight excluding hydrogens is 302 g/mol. The first-order chi connectivity index (χ1) is 11.8. The van der Waals surface area contributed by atoms with Crippen LogP contribution in [-0.2, 0) is 0 Å². The van der Waals surface area contributed by atoms with Crippen molar-refractivity contribution in [1.82, 2.24) is 9.97 Å². The number of rotatable bonds is 4. The van der Waals surface area contributed by atoms with Crippen LogP contribution >= 0.6 is 0 Å². The largest absolute Gasteiger partial charge is 0.477 e. The molecular formula is C18H17N5O. The predicted molar refractivity (Wildman–Crippen MR) is 88.3 cm³/mol. The molecule has 2 aromatic heterocycles. The zero-order chi connectivity index (χ0) is 16.8. The van der Waals surface area contributed by atoms with E-state index in [0.717, 1.165) is 31.7 Å². The molecule has 1 unspecified atom stereocenters. The molecule has 0 aromatic carbocycles. The SMILES string of the molecule is N#Cc1ccc(N2CCCC(COc3cc(C#N)ccn3)C2)nc1. The standard InChI is InChI=1S/C18H17N5O/c19-9-14-5-6-21-18(8-14)24-13-16-2-1-7-23(12-16)17-4-3-15(10-20)11-22-17/h3-6,8,11,16H,1-2,7,12-13H2. The summed E-state index contributed by atoms with van der Waals surface area (Å²) in [5, 5.41) is 17.8. The quantitative estimate of drug-likeness (QED) is 0.860. The van der Waals surface area contributed by atoms with Crippen molar-refractivity contribution < 1.29 is 4.74 Å². The van der Waals surface area contributed by atoms with E-state index in [1.165, 1.54) is 0 Å². The number of hydrogen-bond acceptors (Lipinski definition) is 6. The van der Waals surface area contributed by atoms with E-state index in [9.17, 15) is 0 Å². The third-order valence-electron chi connectivity index (χ3n) is 4.05. The van der Waals surface area contributed by atoms with E-state index in [1.54, 1.807) is 30.6 Å². The molecule has 3 rings (SSSR count). The van der Waals surface area contributed by atoms with Gasteiger partial charge in [-0.3, -0.25) is 0 Å². The Morgan fingerprint density at radius 1 is 1.17 bits per heavy atom. The van der Waals surface area contributed by atoms with E-state index in [1.807, 2.05) is 6.07 Å². The van der Waals surface area contributed by atoms with Gasteiger partial charge in [0.15, 0.2) is 0 Å². The van der Waals surface area contributed by atoms with Crippen molar-refractivity contribution in [3.8, 4) is 18.0 Å². The molecule has 0 bridgehead atoms. The first kappa shape index (κ1) is 15.8. The second kappa shape index (κ2) is 7.43. The van der Waals surface area contributed by atoms with Gasteiger partial charge in [-0.2, -0.15) is 10.5 Å². The number of pyridine rings is 2. The lowest BCUT2D eigenvalue weighted by molar-refractivity contribution is 0.221. The van der Waals surface area contributed by atoms with E-state index in [2.05, 4.69) is 27.0 Å². The topological polar surface area (TPSA) is 85.8 Å². The summed E-state index contributed by atoms with van der Waals surface area (Å²) in [7, 11) is 0. The van der Waals surface area contributed by atoms with Gasteiger partial charge in [0, 0.05) is 37.5 Å². The molecule has 1 atom stereocenters. The fraction of sp³-hybridized carbons (Fsp3) is 0.333. The molecule has 6 nitrogen and oxygen atoms in total. The zero-order valence-corrected chi connectivity index (χ0v) is 13.2. The zero-order valence-electron chi connectivity index (χ0n) is 13.2. The Morgan fingerprint density at radius 3 is 2.79 bits per heavy atom. The van der Waals surface area contributed by atoms with E-state index < -0.39 is 0 Å². The van der Waals surface area contributed by atoms with Crippen molar-refractivity contribution in [2.24, 2.45) is 5.92 Å². The molecule has 3 heterocycles. The minimum absolute atomic E-state index is 0.378. The molecule has 0 radical (unpaired) electrons. The molecule has 0 saturated carbocycles. The smallest absolute Gasteiger partial charge is 0.214 e. The molecule has 1 saturated heterocycles. The Bertz CT molecular complexity index is 775. The highest BCUT2D eigenvalue weighted by atomic mass is 16.5. The first-order valence-corrected chi connectivity index (χ1v) is 7.88. The lowest BCUT2D eigenvalue weighted by atomic mass is 9.99. The molecule has 1 aliphatic heterocycles. The number of ether oxygens (including phenoxy) is 1. The minimum Gasteiger partial charge on any atom is -0.477 e. The van der Waals surface area contributed by atoms with Crippen LogP contribution in [0, 0.1) is 28.6 Å². The fourth-order valence-electron chi connectivity index (χ4n) is 2.81. The van der Waals surface area contributed by atoms with Crippen molar-refractivity contribution >= 4 is 5.82 Å². The van der Waals surface area contributed by atoms with Gasteiger partial charge < -0.3 is 9.64 Å². The number of hydrogen-bond donors (Lipinski definition) is 0. The Hall–Kier alpha value is -3.12. The van der Waals surface area contributed by atoms with Crippen molar-refractivity contribution in [3.63, 3.8) is 0 Å². The third-order valence-corrected chi connectivity index (χ3v) is 4.05. The summed E-state index contributed by atoms with van der Waals surface area (Å²) in [5.74, 6) is 1.76. The molecule has 120 valence electrons. The van der Waals surface area contributed by atoms with E-state index in [4.69, 9.17) is 15.3 Å². The number of aromatic nitrogens is 2. The molecule has 24 heavy (non-hydrogen) atoms. The summed E-state index contributed by atoms with van der Waals surface area (Å²) >= 11 is 0. The molecule has 0 N–H and O–H groups in total. The van der Waals surface area contributed by atoms with Gasteiger partial charge in [0.05, 0.1) is 23.8 Å². The highest BCUT2D eigenvalue weighted by Gasteiger charge is 2.21. The van der Waals surface area contributed by atoms with Crippen molar-refractivity contribution in [1.29, 1.82) is 10.5 Å². The van der Waals surface area contributed by atoms with Crippen LogP contribution in [-0.4, -0.2) is 29.7 Å². The Balaban J connectivity index is 1.59. The second-order valence-corrected chi connectivity index (χ2v) is 5.78. The van der Waals surface area contributed by atoms with Crippen LogP contribution in [0.2, 0.25) is 0 Å². The average Bonchev–Trinajstić information content (AvgIpc) is 2.67. The van der Waals surface area contributed by atoms with Gasteiger partial charge in [0.25, 0.3) is 0 Å². The van der Waals surface area contributed by atoms with Crippen LogP contribution in [0.3, 0.4) is 0 Å². The van der Waals surface area contributed by atoms with Crippen molar-refractivity contribution in [3.05, 3.63) is 47.8 Å². The van der Waals surface area contributed by atoms with E-state index in [-0.39, 0.29) is 0 Å². The summed E-state index contributed by atoms with van der Waals surface area (Å²) in [4.78, 5) is 10.7. The first-order valence-electron chi connectivity index (χ1n) is 7.88. The van der Waals surface area contributed by atoms with Crippen molar-refractivity contribution in [2.45, 2.75) is 12.8 Å². The minimum atomic E-state index is 0.378. The summed E-state index contributed by atoms with van der Waals surface area (Å²) in [5.41, 5.74) is 1.12. The summed E-state index contributed by atoms with van der Waals surface area (Å²) in [6.45, 7) is 2.38. The van der Waals surface area contributed by atoms with Crippen LogP contribution < -0.4 is 9.64 Å². The molecule has 0 amide bonds. The van der Waals surface area contributed by atoms with Crippen LogP contribution in [0.4, 0.5) is 5.82 Å². The maximum atomic E-state index is 8.91. The van der Waals surface area contributed by atoms with Crippen LogP contribution in [0.25, 0.3) is 0 Å². The number of nitrogens with zero attached hydrogens (tertiary/aromatic N) is 5. The van der Waals surface area contributed by atoms with Crippen LogP contribution in [0.15, 0.2) is 36.7 Å². The van der Waals surface area contributed by atoms with Gasteiger partial charge in [-0.15, -0.1) is 0 Å². The summed E-state index contributed by atoms with van der Waals surface area (Å²) in [6.07, 6.45) is 5.35. The molecule has 6 heteroatoms. The molecule has 1 aliphatic rings. The normalized spacial score (nSPS) is 16.9. The number of nitriles is 2. The van der Waals surface area contributed by atoms with Crippen molar-refractivity contribution in [2.75, 3.05) is 24.6 Å². The average molecular weight is 319 g/mol. The molecule has 0 spiro atoms. The lowest BCUT2D eigenvalue weighted by Crippen LogP contribution is -2.38. The van der Waals surface area contributed by atoms with Gasteiger partial charge in [-0.1, -0.05) is 0 Å². The Kier molecular flexibility index (Phi) is 4.88. The maximum Gasteiger partial charge on any atom is 0.214 e. The maximum absolute atomic E-state index is 8.91. The number of piperidine rings is 1. The van der Waals surface area contributed by atoms with Crippen LogP contribution in [0.5, 0.6) is 5.88 Å². The predicted octanol–water partition coefficient (Wildman–Crippen LogP) is 2.52. The van der Waals surface area contributed by atoms with Gasteiger partial charge in [0.2, 0.25) is 5.88 Å². The highest BCUT2D eigenvalue weighted by Crippen LogP contribution is 2.22. The van der Waals surface area contributed by atoms with Crippen LogP contribution in [0.1, 0.15) is 24.0 Å². The van der Waals surface area contributed by atoms with Gasteiger partial charge >= 0.3 is 0 Å². The lowest BCUT2D eigenvalue weighted by Gasteiger charge is -2.33. The molecule has 2 aromatic rings. The monoisotopic (exact) mass is 319 g/mol. The Labute approximate surface area is 141 Å². The van der Waals surface area contributed by atoms with Gasteiger partial charge in [0.1, 0.15) is 11.9 Å². The van der Waals surface area contributed by atoms with Gasteiger partial charge in [-0.25, -0.2) is 9.97 Å². The summed E-state index contributed by atoms with van der Waals surface area (Å²) < 4.78 is 5.76. The Morgan fingerprint density at radius 2 is 2.04 bits per heavy atom. The van der Waals surface area contributed by atoms with E-state index in [0.29, 0.717) is 29.5 Å². The highest BCUT2D eigenvalue weighted by molar-refractivity contribution is 5.42. The third kappa shape index (κ3) is 3.80. The summed E-state index contributed by atoms with van der Waals surface area (Å²) in [6, 6.07) is 11.2. The number of anilines is 1. The van der Waals surface area contributed by atoms with E-state index >= 15 is 0 Å². The molecule has 0 aliphatic carbocycles. The molecule has 1 fully saturated rings. The second-order valence-electron chi connectivity index (χ2n) is 5.78. The van der Waals surface area contributed by atoms with Gasteiger partial charge in [-0.05, 0) is 31.0 Å².